The molecule has 2 rings (SSSR count). The lowest BCUT2D eigenvalue weighted by atomic mass is 9.52. The minimum Gasteiger partial charge on any atom is -0.123 e. The Hall–Kier alpha value is 0.290. The molecule has 2 unspecified atom stereocenters. The van der Waals surface area contributed by atoms with Gasteiger partial charge in [0.15, 0.2) is 0 Å². The second kappa shape index (κ2) is 4.65. The number of hydrogen-bond donors (Lipinski definition) is 0. The molecule has 2 fully saturated rings. The predicted molar refractivity (Wildman–Crippen MR) is 67.3 cm³/mol. The molecule has 2 aliphatic carbocycles. The molecule has 15 heavy (non-hydrogen) atoms. The van der Waals surface area contributed by atoms with Gasteiger partial charge in [0, 0.05) is 5.38 Å². The maximum Gasteiger partial charge on any atom is 0.0372 e. The van der Waals surface area contributed by atoms with Crippen LogP contribution in [0.4, 0.5) is 0 Å². The van der Waals surface area contributed by atoms with Crippen LogP contribution in [-0.2, 0) is 0 Å². The van der Waals surface area contributed by atoms with Gasteiger partial charge in [-0.25, -0.2) is 0 Å². The summed E-state index contributed by atoms with van der Waals surface area (Å²) >= 11 is 6.60. The quantitative estimate of drug-likeness (QED) is 0.597. The number of hydrogen-bond acceptors (Lipinski definition) is 0. The highest BCUT2D eigenvalue weighted by molar-refractivity contribution is 6.20. The molecular weight excluding hydrogens is 204 g/mol. The van der Waals surface area contributed by atoms with Gasteiger partial charge in [-0.05, 0) is 49.4 Å². The lowest BCUT2D eigenvalue weighted by Gasteiger charge is -2.54. The molecule has 1 heteroatoms. The summed E-state index contributed by atoms with van der Waals surface area (Å²) in [5.74, 6) is 1.61. The van der Waals surface area contributed by atoms with Crippen molar-refractivity contribution in [1.29, 1.82) is 0 Å². The maximum absolute atomic E-state index is 6.60. The van der Waals surface area contributed by atoms with Crippen molar-refractivity contribution in [1.82, 2.24) is 0 Å². The van der Waals surface area contributed by atoms with E-state index in [1.165, 1.54) is 51.4 Å². The topological polar surface area (TPSA) is 0 Å². The zero-order valence-corrected chi connectivity index (χ0v) is 11.0. The Balaban J connectivity index is 1.92. The summed E-state index contributed by atoms with van der Waals surface area (Å²) in [4.78, 5) is 0. The van der Waals surface area contributed by atoms with E-state index in [0.29, 0.717) is 10.8 Å². The summed E-state index contributed by atoms with van der Waals surface area (Å²) in [5, 5.41) is 0.455. The number of alkyl halides is 1. The van der Waals surface area contributed by atoms with Gasteiger partial charge in [0.05, 0.1) is 0 Å². The van der Waals surface area contributed by atoms with Gasteiger partial charge in [0.25, 0.3) is 0 Å². The fraction of sp³-hybridized carbons (Fsp3) is 1.00. The minimum absolute atomic E-state index is 0.455. The van der Waals surface area contributed by atoms with E-state index in [1.807, 2.05) is 0 Å². The molecule has 0 nitrogen and oxygen atoms in total. The largest absolute Gasteiger partial charge is 0.123 e. The first-order valence-corrected chi connectivity index (χ1v) is 7.22. The Kier molecular flexibility index (Phi) is 3.65. The molecule has 0 bridgehead atoms. The van der Waals surface area contributed by atoms with Crippen LogP contribution in [0.3, 0.4) is 0 Å². The summed E-state index contributed by atoms with van der Waals surface area (Å²) < 4.78 is 0. The summed E-state index contributed by atoms with van der Waals surface area (Å²) in [6.45, 7) is 4.59. The molecule has 0 heterocycles. The molecule has 0 aromatic rings. The normalized spacial score (nSPS) is 31.6. The van der Waals surface area contributed by atoms with Crippen molar-refractivity contribution >= 4 is 11.6 Å². The van der Waals surface area contributed by atoms with E-state index < -0.39 is 0 Å². The zero-order valence-electron chi connectivity index (χ0n) is 10.3. The second-order valence-electron chi connectivity index (χ2n) is 6.21. The molecular formula is C14H25Cl. The van der Waals surface area contributed by atoms with Gasteiger partial charge in [-0.1, -0.05) is 33.1 Å². The van der Waals surface area contributed by atoms with Gasteiger partial charge in [0.1, 0.15) is 0 Å². The molecule has 2 aliphatic rings. The van der Waals surface area contributed by atoms with E-state index in [9.17, 15) is 0 Å². The molecule has 0 saturated heterocycles. The van der Waals surface area contributed by atoms with E-state index >= 15 is 0 Å². The van der Waals surface area contributed by atoms with Crippen molar-refractivity contribution in [3.8, 4) is 0 Å². The molecule has 0 N–H and O–H groups in total. The van der Waals surface area contributed by atoms with Crippen molar-refractivity contribution < 1.29 is 0 Å². The first-order chi connectivity index (χ1) is 7.14. The van der Waals surface area contributed by atoms with E-state index in [1.54, 1.807) is 0 Å². The molecule has 1 spiro atoms. The fourth-order valence-corrected chi connectivity index (χ4v) is 4.52. The molecule has 2 atom stereocenters. The minimum atomic E-state index is 0.455. The summed E-state index contributed by atoms with van der Waals surface area (Å²) in [5.41, 5.74) is 0.694. The summed E-state index contributed by atoms with van der Waals surface area (Å²) in [6.07, 6.45) is 11.4. The number of halogens is 1. The third-order valence-electron chi connectivity index (χ3n) is 4.72. The standard InChI is InChI=1S/C14H25Cl/c1-11(2)10-13(15)12-6-9-14(12)7-4-3-5-8-14/h11-13H,3-10H2,1-2H3. The fourth-order valence-electron chi connectivity index (χ4n) is 3.78. The predicted octanol–water partition coefficient (Wildman–Crippen LogP) is 5.00. The van der Waals surface area contributed by atoms with Gasteiger partial charge < -0.3 is 0 Å². The van der Waals surface area contributed by atoms with Gasteiger partial charge in [0.2, 0.25) is 0 Å². The van der Waals surface area contributed by atoms with Crippen LogP contribution in [0, 0.1) is 17.3 Å². The van der Waals surface area contributed by atoms with E-state index in [0.717, 1.165) is 11.8 Å². The highest BCUT2D eigenvalue weighted by atomic mass is 35.5. The van der Waals surface area contributed by atoms with Crippen LogP contribution in [0.2, 0.25) is 0 Å². The Morgan fingerprint density at radius 1 is 1.13 bits per heavy atom. The maximum atomic E-state index is 6.60. The van der Waals surface area contributed by atoms with Crippen LogP contribution in [0.5, 0.6) is 0 Å². The molecule has 88 valence electrons. The highest BCUT2D eigenvalue weighted by Crippen LogP contribution is 2.58. The first kappa shape index (κ1) is 11.8. The molecule has 0 aliphatic heterocycles. The average Bonchev–Trinajstić information content (AvgIpc) is 2.16. The lowest BCUT2D eigenvalue weighted by molar-refractivity contribution is -0.0141. The van der Waals surface area contributed by atoms with E-state index in [-0.39, 0.29) is 0 Å². The summed E-state index contributed by atoms with van der Waals surface area (Å²) in [6, 6.07) is 0. The van der Waals surface area contributed by atoms with E-state index in [4.69, 9.17) is 11.6 Å². The molecule has 0 aromatic carbocycles. The van der Waals surface area contributed by atoms with Crippen LogP contribution in [0.1, 0.15) is 65.2 Å². The van der Waals surface area contributed by atoms with Crippen LogP contribution in [0.15, 0.2) is 0 Å². The Labute approximate surface area is 99.8 Å². The van der Waals surface area contributed by atoms with E-state index in [2.05, 4.69) is 13.8 Å². The zero-order chi connectivity index (χ0) is 10.9. The van der Waals surface area contributed by atoms with Crippen LogP contribution >= 0.6 is 11.6 Å². The summed E-state index contributed by atoms with van der Waals surface area (Å²) in [7, 11) is 0. The average molecular weight is 229 g/mol. The van der Waals surface area contributed by atoms with Gasteiger partial charge in [-0.3, -0.25) is 0 Å². The van der Waals surface area contributed by atoms with Crippen molar-refractivity contribution in [2.45, 2.75) is 70.6 Å². The van der Waals surface area contributed by atoms with Crippen molar-refractivity contribution in [3.63, 3.8) is 0 Å². The first-order valence-electron chi connectivity index (χ1n) is 6.78. The molecule has 2 saturated carbocycles. The lowest BCUT2D eigenvalue weighted by Crippen LogP contribution is -2.46. The van der Waals surface area contributed by atoms with Crippen molar-refractivity contribution in [2.24, 2.45) is 17.3 Å². The smallest absolute Gasteiger partial charge is 0.0372 e. The third-order valence-corrected chi connectivity index (χ3v) is 5.20. The SMILES string of the molecule is CC(C)CC(Cl)C1CCC12CCCCC2. The van der Waals surface area contributed by atoms with Crippen LogP contribution < -0.4 is 0 Å². The van der Waals surface area contributed by atoms with Gasteiger partial charge in [-0.2, -0.15) is 0 Å². The monoisotopic (exact) mass is 228 g/mol. The van der Waals surface area contributed by atoms with Gasteiger partial charge in [-0.15, -0.1) is 11.6 Å². The third kappa shape index (κ3) is 2.35. The Morgan fingerprint density at radius 3 is 2.27 bits per heavy atom. The number of rotatable bonds is 3. The van der Waals surface area contributed by atoms with Crippen molar-refractivity contribution in [2.75, 3.05) is 0 Å². The van der Waals surface area contributed by atoms with Crippen LogP contribution in [0.25, 0.3) is 0 Å². The molecule has 0 aromatic heterocycles. The highest BCUT2D eigenvalue weighted by Gasteiger charge is 2.49. The Morgan fingerprint density at radius 2 is 1.80 bits per heavy atom. The van der Waals surface area contributed by atoms with Crippen LogP contribution in [-0.4, -0.2) is 5.38 Å². The Bertz CT molecular complexity index is 203. The van der Waals surface area contributed by atoms with Gasteiger partial charge >= 0.3 is 0 Å². The second-order valence-corrected chi connectivity index (χ2v) is 6.77. The molecule has 0 radical (unpaired) electrons. The van der Waals surface area contributed by atoms with Crippen molar-refractivity contribution in [3.05, 3.63) is 0 Å². The molecule has 0 amide bonds.